The van der Waals surface area contributed by atoms with Crippen LogP contribution in [0.1, 0.15) is 28.8 Å². The summed E-state index contributed by atoms with van der Waals surface area (Å²) in [5, 5.41) is 0. The lowest BCUT2D eigenvalue weighted by Crippen LogP contribution is -2.21. The van der Waals surface area contributed by atoms with Gasteiger partial charge in [0.05, 0.1) is 6.61 Å². The molecule has 0 bridgehead atoms. The molecule has 4 heteroatoms. The second-order valence-electron chi connectivity index (χ2n) is 4.06. The maximum absolute atomic E-state index is 11.6. The number of benzene rings is 1. The summed E-state index contributed by atoms with van der Waals surface area (Å²) < 4.78 is 0. The van der Waals surface area contributed by atoms with Crippen LogP contribution in [0.2, 0.25) is 0 Å². The molecule has 1 amide bonds. The van der Waals surface area contributed by atoms with Crippen LogP contribution in [0.5, 0.6) is 0 Å². The highest BCUT2D eigenvalue weighted by molar-refractivity contribution is 5.93. The van der Waals surface area contributed by atoms with Gasteiger partial charge in [0.15, 0.2) is 0 Å². The smallest absolute Gasteiger partial charge is 0.253 e. The normalized spacial score (nSPS) is 12.2. The molecule has 0 aliphatic heterocycles. The van der Waals surface area contributed by atoms with Gasteiger partial charge in [0.2, 0.25) is 0 Å². The topological polar surface area (TPSA) is 55.6 Å². The predicted octanol–water partition coefficient (Wildman–Crippen LogP) is 1.38. The van der Waals surface area contributed by atoms with Gasteiger partial charge in [0, 0.05) is 25.6 Å². The van der Waals surface area contributed by atoms with Crippen LogP contribution >= 0.6 is 0 Å². The van der Waals surface area contributed by atoms with Crippen molar-refractivity contribution in [2.45, 2.75) is 12.8 Å². The molecule has 1 rings (SSSR count). The third-order valence-electron chi connectivity index (χ3n) is 2.48. The van der Waals surface area contributed by atoms with Crippen molar-refractivity contribution in [2.75, 3.05) is 20.7 Å². The van der Waals surface area contributed by atoms with E-state index in [4.69, 9.17) is 5.90 Å². The summed E-state index contributed by atoms with van der Waals surface area (Å²) in [6.45, 7) is 2.50. The first-order valence-corrected chi connectivity index (χ1v) is 5.19. The maximum atomic E-state index is 11.6. The molecule has 1 atom stereocenters. The SMILES string of the molecule is CC(CON)c1ccc(C(=O)N(C)C)cc1. The summed E-state index contributed by atoms with van der Waals surface area (Å²) in [7, 11) is 3.47. The quantitative estimate of drug-likeness (QED) is 0.783. The van der Waals surface area contributed by atoms with Crippen LogP contribution < -0.4 is 5.90 Å². The fourth-order valence-electron chi connectivity index (χ4n) is 1.45. The third-order valence-corrected chi connectivity index (χ3v) is 2.48. The molecule has 0 aromatic heterocycles. The Hall–Kier alpha value is -1.39. The summed E-state index contributed by atoms with van der Waals surface area (Å²) in [5.74, 6) is 5.26. The highest BCUT2D eigenvalue weighted by Crippen LogP contribution is 2.16. The zero-order valence-electron chi connectivity index (χ0n) is 9.93. The molecule has 16 heavy (non-hydrogen) atoms. The molecular weight excluding hydrogens is 204 g/mol. The first-order chi connectivity index (χ1) is 7.56. The van der Waals surface area contributed by atoms with Crippen LogP contribution in [0.3, 0.4) is 0 Å². The monoisotopic (exact) mass is 222 g/mol. The lowest BCUT2D eigenvalue weighted by molar-refractivity contribution is 0.0827. The number of nitrogens with zero attached hydrogens (tertiary/aromatic N) is 1. The fourth-order valence-corrected chi connectivity index (χ4v) is 1.45. The minimum absolute atomic E-state index is 0.00859. The minimum Gasteiger partial charge on any atom is -0.345 e. The van der Waals surface area contributed by atoms with Crippen molar-refractivity contribution in [1.29, 1.82) is 0 Å². The largest absolute Gasteiger partial charge is 0.345 e. The van der Waals surface area contributed by atoms with Crippen molar-refractivity contribution in [3.63, 3.8) is 0 Å². The van der Waals surface area contributed by atoms with Crippen LogP contribution in [0.15, 0.2) is 24.3 Å². The minimum atomic E-state index is 0.00859. The Balaban J connectivity index is 2.79. The number of rotatable bonds is 4. The van der Waals surface area contributed by atoms with Gasteiger partial charge in [-0.3, -0.25) is 4.79 Å². The van der Waals surface area contributed by atoms with Crippen molar-refractivity contribution >= 4 is 5.91 Å². The molecule has 0 aliphatic carbocycles. The number of hydrogen-bond acceptors (Lipinski definition) is 3. The van der Waals surface area contributed by atoms with E-state index in [1.165, 1.54) is 0 Å². The fraction of sp³-hybridized carbons (Fsp3) is 0.417. The van der Waals surface area contributed by atoms with Gasteiger partial charge >= 0.3 is 0 Å². The van der Waals surface area contributed by atoms with E-state index >= 15 is 0 Å². The van der Waals surface area contributed by atoms with Gasteiger partial charge < -0.3 is 9.74 Å². The van der Waals surface area contributed by atoms with Crippen LogP contribution in [0.25, 0.3) is 0 Å². The van der Waals surface area contributed by atoms with Gasteiger partial charge in [0.1, 0.15) is 0 Å². The van der Waals surface area contributed by atoms with Gasteiger partial charge in [-0.25, -0.2) is 5.90 Å². The van der Waals surface area contributed by atoms with Crippen molar-refractivity contribution in [2.24, 2.45) is 5.90 Å². The van der Waals surface area contributed by atoms with Crippen LogP contribution in [-0.4, -0.2) is 31.5 Å². The molecule has 4 nitrogen and oxygen atoms in total. The molecular formula is C12H18N2O2. The van der Waals surface area contributed by atoms with Crippen molar-refractivity contribution in [1.82, 2.24) is 4.90 Å². The number of amides is 1. The maximum Gasteiger partial charge on any atom is 0.253 e. The molecule has 1 aromatic rings. The molecule has 0 radical (unpaired) electrons. The van der Waals surface area contributed by atoms with E-state index in [9.17, 15) is 4.79 Å². The van der Waals surface area contributed by atoms with Crippen molar-refractivity contribution in [3.8, 4) is 0 Å². The van der Waals surface area contributed by atoms with E-state index in [1.54, 1.807) is 19.0 Å². The second-order valence-corrected chi connectivity index (χ2v) is 4.06. The summed E-state index contributed by atoms with van der Waals surface area (Å²) in [6, 6.07) is 7.51. The van der Waals surface area contributed by atoms with E-state index in [-0.39, 0.29) is 11.8 Å². The second kappa shape index (κ2) is 5.63. The molecule has 2 N–H and O–H groups in total. The first kappa shape index (κ1) is 12.7. The zero-order valence-corrected chi connectivity index (χ0v) is 9.93. The van der Waals surface area contributed by atoms with E-state index in [2.05, 4.69) is 4.84 Å². The van der Waals surface area contributed by atoms with Gasteiger partial charge in [0.25, 0.3) is 5.91 Å². The molecule has 0 spiro atoms. The highest BCUT2D eigenvalue weighted by Gasteiger charge is 2.09. The highest BCUT2D eigenvalue weighted by atomic mass is 16.6. The molecule has 0 aliphatic rings. The standard InChI is InChI=1S/C12H18N2O2/c1-9(8-16-13)10-4-6-11(7-5-10)12(15)14(2)3/h4-7,9H,8,13H2,1-3H3. The molecule has 0 saturated carbocycles. The predicted molar refractivity (Wildman–Crippen MR) is 63.0 cm³/mol. The summed E-state index contributed by atoms with van der Waals surface area (Å²) in [4.78, 5) is 17.8. The molecule has 1 aromatic carbocycles. The van der Waals surface area contributed by atoms with Crippen LogP contribution in [-0.2, 0) is 4.84 Å². The Kier molecular flexibility index (Phi) is 4.46. The van der Waals surface area contributed by atoms with Crippen molar-refractivity contribution < 1.29 is 9.63 Å². The van der Waals surface area contributed by atoms with Gasteiger partial charge in [-0.2, -0.15) is 0 Å². The third kappa shape index (κ3) is 3.05. The van der Waals surface area contributed by atoms with Crippen LogP contribution in [0.4, 0.5) is 0 Å². The number of hydrogen-bond donors (Lipinski definition) is 1. The van der Waals surface area contributed by atoms with Gasteiger partial charge in [-0.1, -0.05) is 19.1 Å². The first-order valence-electron chi connectivity index (χ1n) is 5.19. The number of nitrogens with two attached hydrogens (primary N) is 1. The molecule has 1 unspecified atom stereocenters. The van der Waals surface area contributed by atoms with Crippen LogP contribution in [0, 0.1) is 0 Å². The summed E-state index contributed by atoms with van der Waals surface area (Å²) in [5.41, 5.74) is 1.80. The number of carbonyl (C=O) groups excluding carboxylic acids is 1. The Bertz CT molecular complexity index is 347. The lowest BCUT2D eigenvalue weighted by atomic mass is 10.0. The molecule has 0 saturated heterocycles. The van der Waals surface area contributed by atoms with Crippen molar-refractivity contribution in [3.05, 3.63) is 35.4 Å². The average molecular weight is 222 g/mol. The van der Waals surface area contributed by atoms with E-state index < -0.39 is 0 Å². The average Bonchev–Trinajstić information content (AvgIpc) is 2.28. The van der Waals surface area contributed by atoms with E-state index in [1.807, 2.05) is 31.2 Å². The molecule has 0 heterocycles. The Morgan fingerprint density at radius 3 is 2.38 bits per heavy atom. The Morgan fingerprint density at radius 1 is 1.38 bits per heavy atom. The van der Waals surface area contributed by atoms with E-state index in [0.29, 0.717) is 12.2 Å². The Labute approximate surface area is 95.9 Å². The van der Waals surface area contributed by atoms with Gasteiger partial charge in [-0.15, -0.1) is 0 Å². The summed E-state index contributed by atoms with van der Waals surface area (Å²) >= 11 is 0. The lowest BCUT2D eigenvalue weighted by Gasteiger charge is -2.13. The summed E-state index contributed by atoms with van der Waals surface area (Å²) in [6.07, 6.45) is 0. The molecule has 0 fully saturated rings. The Morgan fingerprint density at radius 2 is 1.94 bits per heavy atom. The number of carbonyl (C=O) groups is 1. The zero-order chi connectivity index (χ0) is 12.1. The van der Waals surface area contributed by atoms with Gasteiger partial charge in [-0.05, 0) is 17.7 Å². The van der Waals surface area contributed by atoms with E-state index in [0.717, 1.165) is 5.56 Å². The molecule has 88 valence electrons.